The third-order valence-electron chi connectivity index (χ3n) is 4.92. The molecule has 0 saturated heterocycles. The van der Waals surface area contributed by atoms with Crippen LogP contribution in [-0.2, 0) is 16.0 Å². The number of benzene rings is 1. The van der Waals surface area contributed by atoms with Crippen LogP contribution in [0.4, 0.5) is 0 Å². The minimum Gasteiger partial charge on any atom is -0.370 e. The Morgan fingerprint density at radius 1 is 0.933 bits per heavy atom. The fraction of sp³-hybridized carbons (Fsp3) is 0.591. The monoisotopic (exact) mass is 419 g/mol. The van der Waals surface area contributed by atoms with Crippen LogP contribution in [0.5, 0.6) is 0 Å². The van der Waals surface area contributed by atoms with E-state index in [9.17, 15) is 9.59 Å². The van der Waals surface area contributed by atoms with Gasteiger partial charge < -0.3 is 16.8 Å². The number of carbonyl (C=O) groups excluding carboxylic acids is 2. The smallest absolute Gasteiger partial charge is 0.265 e. The Hall–Kier alpha value is -2.61. The Kier molecular flexibility index (Phi) is 13.7. The van der Waals surface area contributed by atoms with Gasteiger partial charge in [-0.15, -0.1) is 0 Å². The summed E-state index contributed by atoms with van der Waals surface area (Å²) in [5, 5.41) is 11.5. The van der Waals surface area contributed by atoms with E-state index in [-0.39, 0.29) is 11.9 Å². The lowest BCUT2D eigenvalue weighted by Gasteiger charge is -2.16. The number of aryl methyl sites for hydroxylation is 1. The number of guanidine groups is 1. The number of hydrogen-bond donors (Lipinski definition) is 5. The highest BCUT2D eigenvalue weighted by Crippen LogP contribution is 2.11. The molecule has 30 heavy (non-hydrogen) atoms. The maximum absolute atomic E-state index is 12.1. The molecule has 0 spiro atoms. The molecule has 0 unspecified atom stereocenters. The summed E-state index contributed by atoms with van der Waals surface area (Å²) < 4.78 is 0. The van der Waals surface area contributed by atoms with Crippen LogP contribution in [0.15, 0.2) is 35.3 Å². The Balaban J connectivity index is 2.08. The maximum Gasteiger partial charge on any atom is 0.265 e. The van der Waals surface area contributed by atoms with Crippen LogP contribution in [0, 0.1) is 0 Å². The molecule has 0 radical (unpaired) electrons. The lowest BCUT2D eigenvalue weighted by molar-refractivity contribution is -0.134. The molecule has 1 aromatic carbocycles. The van der Waals surface area contributed by atoms with Gasteiger partial charge in [-0.1, -0.05) is 62.4 Å². The van der Waals surface area contributed by atoms with Gasteiger partial charge in [0.1, 0.15) is 6.04 Å². The lowest BCUT2D eigenvalue weighted by atomic mass is 10.0. The predicted molar refractivity (Wildman–Crippen MR) is 119 cm³/mol. The number of nitrogens with zero attached hydrogens (tertiary/aromatic N) is 1. The number of unbranched alkanes of at least 4 members (excludes halogenated alkanes) is 6. The van der Waals surface area contributed by atoms with Gasteiger partial charge in [-0.3, -0.25) is 19.8 Å². The first-order chi connectivity index (χ1) is 14.5. The SMILES string of the molecule is NC(N)=NCCC[C@@H](NC(=O)CCCCCCCCCc1ccccc1)C(=O)NO. The van der Waals surface area contributed by atoms with Gasteiger partial charge in [-0.2, -0.15) is 0 Å². The molecule has 0 aliphatic carbocycles. The molecule has 0 aliphatic heterocycles. The summed E-state index contributed by atoms with van der Waals surface area (Å²) in [7, 11) is 0. The number of hydrogen-bond acceptors (Lipinski definition) is 4. The quantitative estimate of drug-likeness (QED) is 0.0919. The first kappa shape index (κ1) is 25.4. The molecule has 1 rings (SSSR count). The topological polar surface area (TPSA) is 143 Å². The fourth-order valence-corrected chi connectivity index (χ4v) is 3.26. The molecule has 0 fully saturated rings. The van der Waals surface area contributed by atoms with E-state index in [1.54, 1.807) is 5.48 Å². The molecule has 0 aromatic heterocycles. The highest BCUT2D eigenvalue weighted by Gasteiger charge is 2.19. The molecule has 0 heterocycles. The number of aliphatic imine (C=N–C) groups is 1. The Morgan fingerprint density at radius 3 is 2.20 bits per heavy atom. The molecular weight excluding hydrogens is 382 g/mol. The van der Waals surface area contributed by atoms with Crippen LogP contribution in [-0.4, -0.2) is 35.6 Å². The van der Waals surface area contributed by atoms with E-state index in [1.807, 2.05) is 6.07 Å². The van der Waals surface area contributed by atoms with Gasteiger partial charge in [0.15, 0.2) is 5.96 Å². The molecule has 0 aliphatic rings. The van der Waals surface area contributed by atoms with E-state index in [0.29, 0.717) is 25.8 Å². The number of hydroxylamine groups is 1. The van der Waals surface area contributed by atoms with Crippen molar-refractivity contribution in [2.45, 2.75) is 76.7 Å². The average Bonchev–Trinajstić information content (AvgIpc) is 2.74. The van der Waals surface area contributed by atoms with Crippen LogP contribution < -0.4 is 22.3 Å². The number of nitrogens with one attached hydrogen (secondary N) is 2. The van der Waals surface area contributed by atoms with E-state index in [2.05, 4.69) is 34.6 Å². The molecular formula is C22H37N5O3. The average molecular weight is 420 g/mol. The Bertz CT molecular complexity index is 633. The zero-order valence-corrected chi connectivity index (χ0v) is 17.8. The van der Waals surface area contributed by atoms with Crippen molar-refractivity contribution in [2.24, 2.45) is 16.5 Å². The van der Waals surface area contributed by atoms with Crippen LogP contribution in [0.25, 0.3) is 0 Å². The van der Waals surface area contributed by atoms with Gasteiger partial charge >= 0.3 is 0 Å². The van der Waals surface area contributed by atoms with Crippen molar-refractivity contribution in [3.63, 3.8) is 0 Å². The van der Waals surface area contributed by atoms with Crippen molar-refractivity contribution < 1.29 is 14.8 Å². The van der Waals surface area contributed by atoms with Gasteiger partial charge in [-0.05, 0) is 37.7 Å². The van der Waals surface area contributed by atoms with Crippen LogP contribution in [0.3, 0.4) is 0 Å². The molecule has 0 bridgehead atoms. The predicted octanol–water partition coefficient (Wildman–Crippen LogP) is 2.39. The summed E-state index contributed by atoms with van der Waals surface area (Å²) in [4.78, 5) is 27.6. The fourth-order valence-electron chi connectivity index (χ4n) is 3.26. The molecule has 1 aromatic rings. The molecule has 2 amide bonds. The molecule has 8 nitrogen and oxygen atoms in total. The van der Waals surface area contributed by atoms with Gasteiger partial charge in [0.05, 0.1) is 0 Å². The van der Waals surface area contributed by atoms with E-state index in [1.165, 1.54) is 31.2 Å². The third kappa shape index (κ3) is 12.8. The lowest BCUT2D eigenvalue weighted by Crippen LogP contribution is -2.45. The van der Waals surface area contributed by atoms with E-state index in [0.717, 1.165) is 25.7 Å². The van der Waals surface area contributed by atoms with Gasteiger partial charge in [-0.25, -0.2) is 5.48 Å². The first-order valence-corrected chi connectivity index (χ1v) is 10.9. The minimum absolute atomic E-state index is 0.0154. The zero-order chi connectivity index (χ0) is 22.0. The molecule has 1 atom stereocenters. The van der Waals surface area contributed by atoms with Crippen LogP contribution >= 0.6 is 0 Å². The molecule has 8 heteroatoms. The van der Waals surface area contributed by atoms with Gasteiger partial charge in [0, 0.05) is 13.0 Å². The number of amides is 2. The molecule has 0 saturated carbocycles. The largest absolute Gasteiger partial charge is 0.370 e. The highest BCUT2D eigenvalue weighted by molar-refractivity contribution is 5.86. The van der Waals surface area contributed by atoms with Gasteiger partial charge in [0.25, 0.3) is 5.91 Å². The second kappa shape index (κ2) is 16.2. The minimum atomic E-state index is -0.790. The first-order valence-electron chi connectivity index (χ1n) is 10.9. The summed E-state index contributed by atoms with van der Waals surface area (Å²) in [5.74, 6) is -0.838. The second-order valence-electron chi connectivity index (χ2n) is 7.51. The zero-order valence-electron chi connectivity index (χ0n) is 17.8. The van der Waals surface area contributed by atoms with Crippen molar-refractivity contribution in [2.75, 3.05) is 6.54 Å². The molecule has 7 N–H and O–H groups in total. The summed E-state index contributed by atoms with van der Waals surface area (Å²) in [6.07, 6.45) is 10.1. The highest BCUT2D eigenvalue weighted by atomic mass is 16.5. The van der Waals surface area contributed by atoms with Crippen molar-refractivity contribution in [3.8, 4) is 0 Å². The second-order valence-corrected chi connectivity index (χ2v) is 7.51. The number of rotatable bonds is 16. The summed E-state index contributed by atoms with van der Waals surface area (Å²) in [6.45, 7) is 0.360. The molecule has 168 valence electrons. The summed E-state index contributed by atoms with van der Waals surface area (Å²) >= 11 is 0. The summed E-state index contributed by atoms with van der Waals surface area (Å²) in [6, 6.07) is 9.75. The number of nitrogens with two attached hydrogens (primary N) is 2. The Labute approximate surface area is 179 Å². The van der Waals surface area contributed by atoms with Crippen molar-refractivity contribution >= 4 is 17.8 Å². The standard InChI is InChI=1S/C22H37N5O3/c23-22(24)25-17-11-15-19(21(29)27-30)26-20(28)16-10-5-3-1-2-4-7-12-18-13-8-6-9-14-18/h6,8-9,13-14,19,30H,1-5,7,10-12,15-17H2,(H,26,28)(H,27,29)(H4,23,24,25)/t19-/m1/s1. The van der Waals surface area contributed by atoms with E-state index < -0.39 is 11.9 Å². The maximum atomic E-state index is 12.1. The van der Waals surface area contributed by atoms with E-state index >= 15 is 0 Å². The van der Waals surface area contributed by atoms with Crippen molar-refractivity contribution in [1.29, 1.82) is 0 Å². The van der Waals surface area contributed by atoms with Gasteiger partial charge in [0.2, 0.25) is 5.91 Å². The van der Waals surface area contributed by atoms with Crippen LogP contribution in [0.2, 0.25) is 0 Å². The van der Waals surface area contributed by atoms with Crippen molar-refractivity contribution in [3.05, 3.63) is 35.9 Å². The van der Waals surface area contributed by atoms with Crippen LogP contribution in [0.1, 0.15) is 69.8 Å². The van der Waals surface area contributed by atoms with Crippen molar-refractivity contribution in [1.82, 2.24) is 10.8 Å². The summed E-state index contributed by atoms with van der Waals surface area (Å²) in [5.41, 5.74) is 13.5. The third-order valence-corrected chi connectivity index (χ3v) is 4.92. The normalized spacial score (nSPS) is 11.5. The van der Waals surface area contributed by atoms with E-state index in [4.69, 9.17) is 16.7 Å². The Morgan fingerprint density at radius 2 is 1.57 bits per heavy atom. The number of carbonyl (C=O) groups is 2.